The van der Waals surface area contributed by atoms with Gasteiger partial charge in [0, 0.05) is 0 Å². The van der Waals surface area contributed by atoms with Crippen LogP contribution in [0.3, 0.4) is 0 Å². The summed E-state index contributed by atoms with van der Waals surface area (Å²) in [6, 6.07) is 17.4. The largest absolute Gasteiger partial charge is 0.255 e. The van der Waals surface area contributed by atoms with Crippen LogP contribution in [0, 0.1) is 0 Å². The lowest BCUT2D eigenvalue weighted by atomic mass is 10.0. The Morgan fingerprint density at radius 3 is 1.94 bits per heavy atom. The summed E-state index contributed by atoms with van der Waals surface area (Å²) in [6.07, 6.45) is -1.56. The second-order valence-corrected chi connectivity index (χ2v) is 5.13. The number of halogens is 3. The number of hydrogen-bond acceptors (Lipinski definition) is 0. The van der Waals surface area contributed by atoms with E-state index in [1.807, 2.05) is 30.3 Å². The Kier molecular flexibility index (Phi) is 4.48. The van der Waals surface area contributed by atoms with Crippen molar-refractivity contribution in [3.63, 3.8) is 0 Å². The predicted octanol–water partition coefficient (Wildman–Crippen LogP) is 4.98. The lowest BCUT2D eigenvalue weighted by Gasteiger charge is -2.09. The van der Waals surface area contributed by atoms with Gasteiger partial charge in [-0.3, -0.25) is 0 Å². The van der Waals surface area contributed by atoms with E-state index >= 15 is 0 Å². The molecule has 0 nitrogen and oxygen atoms in total. The van der Waals surface area contributed by atoms with Gasteiger partial charge in [-0.1, -0.05) is 70.5 Å². The van der Waals surface area contributed by atoms with E-state index in [9.17, 15) is 8.78 Å². The monoisotopic (exact) mass is 310 g/mol. The van der Waals surface area contributed by atoms with Crippen LogP contribution < -0.4 is 0 Å². The number of alkyl halides is 3. The van der Waals surface area contributed by atoms with Crippen molar-refractivity contribution in [3.8, 4) is 0 Å². The molecule has 0 N–H and O–H groups in total. The Balaban J connectivity index is 2.09. The maximum Gasteiger partial charge on any atom is 0.255 e. The third-order valence-electron chi connectivity index (χ3n) is 2.77. The Hall–Kier alpha value is -1.22. The van der Waals surface area contributed by atoms with Crippen molar-refractivity contribution < 1.29 is 8.78 Å². The fourth-order valence-corrected chi connectivity index (χ4v) is 2.10. The lowest BCUT2D eigenvalue weighted by molar-refractivity contribution is 0.147. The predicted molar refractivity (Wildman–Crippen MR) is 73.4 cm³/mol. The van der Waals surface area contributed by atoms with Crippen molar-refractivity contribution in [2.24, 2.45) is 0 Å². The summed E-state index contributed by atoms with van der Waals surface area (Å²) in [6.45, 7) is 0. The zero-order valence-electron chi connectivity index (χ0n) is 9.69. The molecule has 94 valence electrons. The molecule has 0 aliphatic carbocycles. The smallest absolute Gasteiger partial charge is 0.209 e. The third kappa shape index (κ3) is 3.39. The summed E-state index contributed by atoms with van der Waals surface area (Å²) >= 11 is 2.99. The third-order valence-corrected chi connectivity index (χ3v) is 3.70. The Labute approximate surface area is 114 Å². The number of hydrogen-bond donors (Lipinski definition) is 0. The highest BCUT2D eigenvalue weighted by atomic mass is 79.9. The van der Waals surface area contributed by atoms with Gasteiger partial charge in [-0.25, -0.2) is 8.78 Å². The van der Waals surface area contributed by atoms with E-state index in [0.29, 0.717) is 5.56 Å². The average molecular weight is 311 g/mol. The molecule has 1 unspecified atom stereocenters. The zero-order chi connectivity index (χ0) is 13.0. The van der Waals surface area contributed by atoms with Crippen LogP contribution in [0.5, 0.6) is 0 Å². The first-order valence-electron chi connectivity index (χ1n) is 5.72. The van der Waals surface area contributed by atoms with Crippen molar-refractivity contribution in [3.05, 3.63) is 71.3 Å². The number of benzene rings is 2. The highest BCUT2D eigenvalue weighted by Crippen LogP contribution is 2.29. The van der Waals surface area contributed by atoms with Gasteiger partial charge in [0.25, 0.3) is 6.43 Å². The van der Waals surface area contributed by atoms with E-state index < -0.39 is 11.3 Å². The highest BCUT2D eigenvalue weighted by molar-refractivity contribution is 9.09. The lowest BCUT2D eigenvalue weighted by Crippen LogP contribution is -2.01. The molecular formula is C15H13BrF2. The summed E-state index contributed by atoms with van der Waals surface area (Å²) in [5.74, 6) is 0. The fourth-order valence-electron chi connectivity index (χ4n) is 1.80. The molecule has 0 heterocycles. The Morgan fingerprint density at radius 1 is 0.833 bits per heavy atom. The normalized spacial score (nSPS) is 12.7. The minimum absolute atomic E-state index is 0.613. The van der Waals surface area contributed by atoms with Crippen molar-refractivity contribution in [2.75, 3.05) is 0 Å². The van der Waals surface area contributed by atoms with Crippen LogP contribution in [0.1, 0.15) is 21.5 Å². The average Bonchev–Trinajstić information content (AvgIpc) is 2.40. The van der Waals surface area contributed by atoms with E-state index in [1.165, 1.54) is 5.56 Å². The van der Waals surface area contributed by atoms with Gasteiger partial charge >= 0.3 is 0 Å². The summed E-state index contributed by atoms with van der Waals surface area (Å²) in [5, 5.41) is 0. The molecule has 0 radical (unpaired) electrons. The molecule has 0 bridgehead atoms. The first kappa shape index (κ1) is 13.2. The van der Waals surface area contributed by atoms with Gasteiger partial charge in [0.1, 0.15) is 4.83 Å². The first-order chi connectivity index (χ1) is 8.66. The van der Waals surface area contributed by atoms with Gasteiger partial charge in [0.05, 0.1) is 0 Å². The molecule has 0 aromatic heterocycles. The molecule has 0 amide bonds. The van der Waals surface area contributed by atoms with E-state index in [1.54, 1.807) is 12.1 Å². The second kappa shape index (κ2) is 6.10. The summed E-state index contributed by atoms with van der Waals surface area (Å²) < 4.78 is 25.0. The van der Waals surface area contributed by atoms with Gasteiger partial charge in [0.15, 0.2) is 0 Å². The van der Waals surface area contributed by atoms with Gasteiger partial charge in [-0.05, 0) is 23.1 Å². The zero-order valence-corrected chi connectivity index (χ0v) is 11.3. The molecular weight excluding hydrogens is 298 g/mol. The van der Waals surface area contributed by atoms with Crippen molar-refractivity contribution in [1.29, 1.82) is 0 Å². The molecule has 2 aromatic carbocycles. The van der Waals surface area contributed by atoms with Gasteiger partial charge in [0.2, 0.25) is 0 Å². The van der Waals surface area contributed by atoms with Gasteiger partial charge in [-0.2, -0.15) is 0 Å². The minimum atomic E-state index is -2.38. The molecule has 0 aliphatic heterocycles. The van der Waals surface area contributed by atoms with E-state index in [2.05, 4.69) is 28.1 Å². The fraction of sp³-hybridized carbons (Fsp3) is 0.200. The molecule has 0 fully saturated rings. The van der Waals surface area contributed by atoms with Crippen LogP contribution in [-0.4, -0.2) is 6.43 Å². The molecule has 2 aromatic rings. The molecule has 18 heavy (non-hydrogen) atoms. The van der Waals surface area contributed by atoms with E-state index in [4.69, 9.17) is 0 Å². The van der Waals surface area contributed by atoms with Crippen molar-refractivity contribution in [2.45, 2.75) is 17.7 Å². The SMILES string of the molecule is FC(F)C(Br)c1ccc(Cc2ccccc2)cc1. The molecule has 0 spiro atoms. The van der Waals surface area contributed by atoms with Crippen LogP contribution >= 0.6 is 15.9 Å². The topological polar surface area (TPSA) is 0 Å². The standard InChI is InChI=1S/C15H13BrF2/c16-14(15(17)18)13-8-6-12(7-9-13)10-11-4-2-1-3-5-11/h1-9,14-15H,10H2. The van der Waals surface area contributed by atoms with Crippen LogP contribution in [0.2, 0.25) is 0 Å². The van der Waals surface area contributed by atoms with E-state index in [0.717, 1.165) is 12.0 Å². The number of rotatable bonds is 4. The Bertz CT molecular complexity index is 480. The molecule has 2 rings (SSSR count). The van der Waals surface area contributed by atoms with Crippen LogP contribution in [0.25, 0.3) is 0 Å². The Morgan fingerprint density at radius 2 is 1.39 bits per heavy atom. The van der Waals surface area contributed by atoms with Gasteiger partial charge < -0.3 is 0 Å². The molecule has 0 saturated heterocycles. The molecule has 0 aliphatic rings. The van der Waals surface area contributed by atoms with Crippen LogP contribution in [-0.2, 0) is 6.42 Å². The quantitative estimate of drug-likeness (QED) is 0.699. The van der Waals surface area contributed by atoms with Crippen molar-refractivity contribution in [1.82, 2.24) is 0 Å². The van der Waals surface area contributed by atoms with Crippen LogP contribution in [0.4, 0.5) is 8.78 Å². The molecule has 1 atom stereocenters. The summed E-state index contributed by atoms with van der Waals surface area (Å²) in [4.78, 5) is -0.886. The summed E-state index contributed by atoms with van der Waals surface area (Å²) in [7, 11) is 0. The summed E-state index contributed by atoms with van der Waals surface area (Å²) in [5.41, 5.74) is 2.95. The van der Waals surface area contributed by atoms with Crippen LogP contribution in [0.15, 0.2) is 54.6 Å². The van der Waals surface area contributed by atoms with Crippen molar-refractivity contribution >= 4 is 15.9 Å². The maximum absolute atomic E-state index is 12.5. The minimum Gasteiger partial charge on any atom is -0.209 e. The highest BCUT2D eigenvalue weighted by Gasteiger charge is 2.18. The molecule has 3 heteroatoms. The van der Waals surface area contributed by atoms with E-state index in [-0.39, 0.29) is 0 Å². The molecule has 0 saturated carbocycles. The second-order valence-electron chi connectivity index (χ2n) is 4.14. The van der Waals surface area contributed by atoms with Gasteiger partial charge in [-0.15, -0.1) is 0 Å². The maximum atomic E-state index is 12.5. The first-order valence-corrected chi connectivity index (χ1v) is 6.63.